The van der Waals surface area contributed by atoms with Crippen LogP contribution in [0.1, 0.15) is 12.5 Å². The number of ether oxygens (including phenoxy) is 2. The molecule has 27 heavy (non-hydrogen) atoms. The summed E-state index contributed by atoms with van der Waals surface area (Å²) in [6.07, 6.45) is 1.40. The molecule has 1 saturated heterocycles. The van der Waals surface area contributed by atoms with Crippen LogP contribution in [-0.4, -0.2) is 47.7 Å². The Morgan fingerprint density at radius 1 is 1.26 bits per heavy atom. The average Bonchev–Trinajstić information content (AvgIpc) is 2.81. The third-order valence-corrected chi connectivity index (χ3v) is 4.61. The SMILES string of the molecule is CCOC(=O)COc1c(Cl)cc(/C=C2\SC(=O)N(CC(N)=O)C2=O)cc1Cl. The summed E-state index contributed by atoms with van der Waals surface area (Å²) in [6, 6.07) is 2.91. The molecule has 144 valence electrons. The number of amides is 3. The molecule has 8 nitrogen and oxygen atoms in total. The highest BCUT2D eigenvalue weighted by Gasteiger charge is 2.35. The molecule has 1 fully saturated rings. The van der Waals surface area contributed by atoms with E-state index >= 15 is 0 Å². The van der Waals surface area contributed by atoms with Crippen LogP contribution >= 0.6 is 35.0 Å². The van der Waals surface area contributed by atoms with Gasteiger partial charge in [-0.05, 0) is 42.5 Å². The van der Waals surface area contributed by atoms with Crippen molar-refractivity contribution < 1.29 is 28.7 Å². The molecule has 3 amide bonds. The van der Waals surface area contributed by atoms with Gasteiger partial charge in [0.05, 0.1) is 21.6 Å². The van der Waals surface area contributed by atoms with Gasteiger partial charge in [-0.2, -0.15) is 0 Å². The molecule has 0 bridgehead atoms. The van der Waals surface area contributed by atoms with Crippen molar-refractivity contribution in [3.05, 3.63) is 32.6 Å². The fourth-order valence-electron chi connectivity index (χ4n) is 2.08. The van der Waals surface area contributed by atoms with E-state index in [2.05, 4.69) is 0 Å². The predicted molar refractivity (Wildman–Crippen MR) is 100 cm³/mol. The second-order valence-electron chi connectivity index (χ2n) is 5.14. The van der Waals surface area contributed by atoms with Crippen molar-refractivity contribution in [1.82, 2.24) is 4.90 Å². The molecule has 0 saturated carbocycles. The lowest BCUT2D eigenvalue weighted by Gasteiger charge is -2.10. The number of hydrogen-bond acceptors (Lipinski definition) is 7. The normalized spacial score (nSPS) is 15.4. The van der Waals surface area contributed by atoms with Gasteiger partial charge < -0.3 is 15.2 Å². The largest absolute Gasteiger partial charge is 0.479 e. The number of halogens is 2. The maximum Gasteiger partial charge on any atom is 0.344 e. The first-order valence-corrected chi connectivity index (χ1v) is 9.11. The van der Waals surface area contributed by atoms with Crippen molar-refractivity contribution in [1.29, 1.82) is 0 Å². The number of carbonyl (C=O) groups excluding carboxylic acids is 4. The number of imide groups is 1. The second kappa shape index (κ2) is 9.12. The van der Waals surface area contributed by atoms with Crippen LogP contribution in [-0.2, 0) is 19.1 Å². The van der Waals surface area contributed by atoms with Crippen LogP contribution in [0.4, 0.5) is 4.79 Å². The van der Waals surface area contributed by atoms with E-state index in [1.54, 1.807) is 6.92 Å². The van der Waals surface area contributed by atoms with Gasteiger partial charge in [-0.25, -0.2) is 4.79 Å². The Morgan fingerprint density at radius 3 is 2.44 bits per heavy atom. The van der Waals surface area contributed by atoms with Gasteiger partial charge in [0.15, 0.2) is 12.4 Å². The molecule has 1 aliphatic heterocycles. The zero-order valence-corrected chi connectivity index (χ0v) is 16.3. The third kappa shape index (κ3) is 5.38. The molecule has 1 aliphatic rings. The molecule has 2 rings (SSSR count). The van der Waals surface area contributed by atoms with Crippen LogP contribution in [0, 0.1) is 0 Å². The van der Waals surface area contributed by atoms with E-state index in [0.717, 1.165) is 4.90 Å². The van der Waals surface area contributed by atoms with Crippen molar-refractivity contribution in [2.24, 2.45) is 5.73 Å². The van der Waals surface area contributed by atoms with Crippen molar-refractivity contribution in [2.75, 3.05) is 19.8 Å². The number of esters is 1. The fraction of sp³-hybridized carbons (Fsp3) is 0.250. The van der Waals surface area contributed by atoms with Crippen LogP contribution in [0.15, 0.2) is 17.0 Å². The van der Waals surface area contributed by atoms with Gasteiger partial charge in [0.25, 0.3) is 11.1 Å². The Morgan fingerprint density at radius 2 is 1.89 bits per heavy atom. The molecular weight excluding hydrogens is 419 g/mol. The van der Waals surface area contributed by atoms with Crippen molar-refractivity contribution >= 4 is 64.1 Å². The van der Waals surface area contributed by atoms with Crippen LogP contribution in [0.5, 0.6) is 5.75 Å². The Bertz CT molecular complexity index is 819. The first-order valence-electron chi connectivity index (χ1n) is 7.54. The summed E-state index contributed by atoms with van der Waals surface area (Å²) in [6.45, 7) is 1.02. The van der Waals surface area contributed by atoms with Crippen molar-refractivity contribution in [3.8, 4) is 5.75 Å². The smallest absolute Gasteiger partial charge is 0.344 e. The number of carbonyl (C=O) groups is 4. The van der Waals surface area contributed by atoms with Gasteiger partial charge in [-0.15, -0.1) is 0 Å². The molecule has 0 atom stereocenters. The summed E-state index contributed by atoms with van der Waals surface area (Å²) in [5.41, 5.74) is 5.45. The molecule has 1 heterocycles. The summed E-state index contributed by atoms with van der Waals surface area (Å²) >= 11 is 12.9. The second-order valence-corrected chi connectivity index (χ2v) is 6.95. The van der Waals surface area contributed by atoms with Gasteiger partial charge in [0.2, 0.25) is 5.91 Å². The van der Waals surface area contributed by atoms with Crippen LogP contribution in [0.3, 0.4) is 0 Å². The third-order valence-electron chi connectivity index (χ3n) is 3.15. The number of rotatable bonds is 7. The van der Waals surface area contributed by atoms with E-state index < -0.39 is 29.6 Å². The minimum atomic E-state index is -0.798. The number of nitrogens with zero attached hydrogens (tertiary/aromatic N) is 1. The number of nitrogens with two attached hydrogens (primary N) is 1. The summed E-state index contributed by atoms with van der Waals surface area (Å²) < 4.78 is 10.0. The molecule has 0 aliphatic carbocycles. The number of primary amides is 1. The first kappa shape index (κ1) is 21.1. The van der Waals surface area contributed by atoms with E-state index in [1.165, 1.54) is 18.2 Å². The Kier molecular flexibility index (Phi) is 7.11. The number of thioether (sulfide) groups is 1. The summed E-state index contributed by atoms with van der Waals surface area (Å²) in [4.78, 5) is 47.2. The van der Waals surface area contributed by atoms with E-state index in [-0.39, 0.29) is 33.9 Å². The molecule has 11 heteroatoms. The zero-order chi connectivity index (χ0) is 20.1. The van der Waals surface area contributed by atoms with E-state index in [1.807, 2.05) is 0 Å². The van der Waals surface area contributed by atoms with Crippen LogP contribution < -0.4 is 10.5 Å². The maximum atomic E-state index is 12.2. The molecular formula is C16H14Cl2N2O6S. The van der Waals surface area contributed by atoms with Gasteiger partial charge in [-0.3, -0.25) is 19.3 Å². The van der Waals surface area contributed by atoms with Gasteiger partial charge in [-0.1, -0.05) is 23.2 Å². The number of hydrogen-bond donors (Lipinski definition) is 1. The predicted octanol–water partition coefficient (Wildman–Crippen LogP) is 2.46. The lowest BCUT2D eigenvalue weighted by atomic mass is 10.2. The molecule has 0 radical (unpaired) electrons. The van der Waals surface area contributed by atoms with Gasteiger partial charge >= 0.3 is 5.97 Å². The summed E-state index contributed by atoms with van der Waals surface area (Å²) in [5, 5.41) is -0.388. The minimum absolute atomic E-state index is 0.0883. The minimum Gasteiger partial charge on any atom is -0.479 e. The van der Waals surface area contributed by atoms with Gasteiger partial charge in [0, 0.05) is 0 Å². The lowest BCUT2D eigenvalue weighted by molar-refractivity contribution is -0.145. The molecule has 0 aromatic heterocycles. The summed E-state index contributed by atoms with van der Waals surface area (Å²) in [7, 11) is 0. The monoisotopic (exact) mass is 432 g/mol. The Hall–Kier alpha value is -2.23. The highest BCUT2D eigenvalue weighted by Crippen LogP contribution is 2.37. The van der Waals surface area contributed by atoms with Crippen molar-refractivity contribution in [3.63, 3.8) is 0 Å². The topological polar surface area (TPSA) is 116 Å². The van der Waals surface area contributed by atoms with E-state index in [4.69, 9.17) is 38.4 Å². The maximum absolute atomic E-state index is 12.2. The van der Waals surface area contributed by atoms with Crippen molar-refractivity contribution in [2.45, 2.75) is 6.92 Å². The molecule has 0 spiro atoms. The molecule has 0 unspecified atom stereocenters. The number of benzene rings is 1. The quantitative estimate of drug-likeness (QED) is 0.519. The first-order chi connectivity index (χ1) is 12.7. The molecule has 1 aromatic rings. The zero-order valence-electron chi connectivity index (χ0n) is 14.0. The fourth-order valence-corrected chi connectivity index (χ4v) is 3.53. The summed E-state index contributed by atoms with van der Waals surface area (Å²) in [5.74, 6) is -1.92. The highest BCUT2D eigenvalue weighted by molar-refractivity contribution is 8.18. The van der Waals surface area contributed by atoms with Gasteiger partial charge in [0.1, 0.15) is 6.54 Å². The highest BCUT2D eigenvalue weighted by atomic mass is 35.5. The standard InChI is InChI=1S/C16H14Cl2N2O6S/c1-2-25-13(22)7-26-14-9(17)3-8(4-10(14)18)5-11-15(23)20(6-12(19)21)16(24)27-11/h3-5H,2,6-7H2,1H3,(H2,19,21)/b11-5-. The Labute approximate surface area is 168 Å². The lowest BCUT2D eigenvalue weighted by Crippen LogP contribution is -2.36. The average molecular weight is 433 g/mol. The van der Waals surface area contributed by atoms with Crippen LogP contribution in [0.25, 0.3) is 6.08 Å². The van der Waals surface area contributed by atoms with E-state index in [9.17, 15) is 19.2 Å². The van der Waals surface area contributed by atoms with Crippen LogP contribution in [0.2, 0.25) is 10.0 Å². The molecule has 1 aromatic carbocycles. The molecule has 2 N–H and O–H groups in total. The Balaban J connectivity index is 2.19. The van der Waals surface area contributed by atoms with E-state index in [0.29, 0.717) is 17.3 Å².